The van der Waals surface area contributed by atoms with E-state index in [0.29, 0.717) is 11.8 Å². The van der Waals surface area contributed by atoms with Gasteiger partial charge in [0.2, 0.25) is 0 Å². The fourth-order valence-corrected chi connectivity index (χ4v) is 2.97. The normalized spacial score (nSPS) is 23.3. The van der Waals surface area contributed by atoms with E-state index in [2.05, 4.69) is 53.8 Å². The van der Waals surface area contributed by atoms with E-state index in [1.54, 1.807) is 0 Å². The molecule has 2 aromatic rings. The topological polar surface area (TPSA) is 55.9 Å². The quantitative estimate of drug-likeness (QED) is 0.637. The highest BCUT2D eigenvalue weighted by Gasteiger charge is 2.44. The minimum atomic E-state index is 0.188. The van der Waals surface area contributed by atoms with Crippen molar-refractivity contribution in [2.75, 3.05) is 0 Å². The van der Waals surface area contributed by atoms with Gasteiger partial charge in [0.1, 0.15) is 0 Å². The molecule has 0 amide bonds. The van der Waals surface area contributed by atoms with Crippen LogP contribution >= 0.6 is 0 Å². The minimum Gasteiger partial charge on any atom is -0.271 e. The number of aryl methyl sites for hydroxylation is 1. The van der Waals surface area contributed by atoms with Crippen molar-refractivity contribution in [3.05, 3.63) is 53.9 Å². The van der Waals surface area contributed by atoms with Gasteiger partial charge in [-0.3, -0.25) is 16.0 Å². The number of aromatic nitrogens is 2. The Morgan fingerprint density at radius 2 is 2.16 bits per heavy atom. The van der Waals surface area contributed by atoms with Gasteiger partial charge in [-0.15, -0.1) is 0 Å². The zero-order valence-corrected chi connectivity index (χ0v) is 11.2. The largest absolute Gasteiger partial charge is 0.271 e. The highest BCUT2D eigenvalue weighted by molar-refractivity contribution is 5.28. The number of nitrogens with two attached hydrogens (primary N) is 1. The highest BCUT2D eigenvalue weighted by Crippen LogP contribution is 2.53. The van der Waals surface area contributed by atoms with Gasteiger partial charge in [0.05, 0.1) is 11.7 Å². The maximum atomic E-state index is 5.78. The van der Waals surface area contributed by atoms with Gasteiger partial charge >= 0.3 is 0 Å². The van der Waals surface area contributed by atoms with Crippen LogP contribution in [0.1, 0.15) is 36.6 Å². The molecule has 1 aromatic carbocycles. The average Bonchev–Trinajstić information content (AvgIpc) is 3.10. The van der Waals surface area contributed by atoms with Crippen molar-refractivity contribution in [1.82, 2.24) is 15.2 Å². The molecule has 3 atom stereocenters. The first-order valence-corrected chi connectivity index (χ1v) is 6.88. The Hall–Kier alpha value is -1.65. The number of hydrogen-bond donors (Lipinski definition) is 2. The molecule has 3 N–H and O–H groups in total. The molecular formula is C15H20N4. The smallest absolute Gasteiger partial charge is 0.0663 e. The summed E-state index contributed by atoms with van der Waals surface area (Å²) < 4.78 is 2.02. The predicted octanol–water partition coefficient (Wildman–Crippen LogP) is 2.21. The second kappa shape index (κ2) is 5.15. The molecule has 0 radical (unpaired) electrons. The molecule has 1 aliphatic rings. The lowest BCUT2D eigenvalue weighted by Crippen LogP contribution is -2.31. The van der Waals surface area contributed by atoms with Crippen LogP contribution in [0.25, 0.3) is 0 Å². The summed E-state index contributed by atoms with van der Waals surface area (Å²) >= 11 is 0. The van der Waals surface area contributed by atoms with Gasteiger partial charge in [0, 0.05) is 12.7 Å². The highest BCUT2D eigenvalue weighted by atomic mass is 15.3. The molecular weight excluding hydrogens is 236 g/mol. The number of rotatable bonds is 5. The molecule has 19 heavy (non-hydrogen) atoms. The molecule has 1 saturated carbocycles. The second-order valence-electron chi connectivity index (χ2n) is 5.13. The van der Waals surface area contributed by atoms with Crippen LogP contribution in [0, 0.1) is 5.92 Å². The van der Waals surface area contributed by atoms with Crippen molar-refractivity contribution in [1.29, 1.82) is 0 Å². The van der Waals surface area contributed by atoms with Crippen molar-refractivity contribution in [2.24, 2.45) is 11.8 Å². The van der Waals surface area contributed by atoms with E-state index in [1.807, 2.05) is 10.9 Å². The number of hydrogen-bond acceptors (Lipinski definition) is 3. The molecule has 4 heteroatoms. The molecule has 1 aliphatic carbocycles. The molecule has 1 fully saturated rings. The fourth-order valence-electron chi connectivity index (χ4n) is 2.97. The third-order valence-corrected chi connectivity index (χ3v) is 4.04. The Labute approximate surface area is 113 Å². The van der Waals surface area contributed by atoms with Gasteiger partial charge in [-0.1, -0.05) is 30.3 Å². The number of nitrogens with zero attached hydrogens (tertiary/aromatic N) is 2. The summed E-state index contributed by atoms with van der Waals surface area (Å²) in [6, 6.07) is 12.9. The molecule has 1 heterocycles. The Bertz CT molecular complexity index is 534. The SMILES string of the molecule is CCn1nccc1C(NN)C1CC1c1ccccc1. The maximum Gasteiger partial charge on any atom is 0.0663 e. The molecule has 0 saturated heterocycles. The Balaban J connectivity index is 1.79. The van der Waals surface area contributed by atoms with E-state index in [0.717, 1.165) is 6.54 Å². The predicted molar refractivity (Wildman–Crippen MR) is 75.3 cm³/mol. The molecule has 3 rings (SSSR count). The monoisotopic (exact) mass is 256 g/mol. The summed E-state index contributed by atoms with van der Waals surface area (Å²) in [5.74, 6) is 6.96. The third kappa shape index (κ3) is 2.29. The second-order valence-corrected chi connectivity index (χ2v) is 5.13. The van der Waals surface area contributed by atoms with E-state index in [9.17, 15) is 0 Å². The first kappa shape index (κ1) is 12.4. The molecule has 0 aliphatic heterocycles. The van der Waals surface area contributed by atoms with E-state index in [1.165, 1.54) is 17.7 Å². The van der Waals surface area contributed by atoms with Crippen LogP contribution in [-0.4, -0.2) is 9.78 Å². The van der Waals surface area contributed by atoms with Gasteiger partial charge in [0.25, 0.3) is 0 Å². The van der Waals surface area contributed by atoms with Crippen LogP contribution in [-0.2, 0) is 6.54 Å². The molecule has 0 spiro atoms. The standard InChI is InChI=1S/C15H20N4/c1-2-19-14(8-9-17-19)15(18-16)13-10-12(13)11-6-4-3-5-7-11/h3-9,12-13,15,18H,2,10,16H2,1H3. The van der Waals surface area contributed by atoms with Crippen LogP contribution in [0.3, 0.4) is 0 Å². The van der Waals surface area contributed by atoms with E-state index < -0.39 is 0 Å². The van der Waals surface area contributed by atoms with Gasteiger partial charge in [-0.25, -0.2) is 0 Å². The summed E-state index contributed by atoms with van der Waals surface area (Å²) in [5.41, 5.74) is 5.58. The number of benzene rings is 1. The summed E-state index contributed by atoms with van der Waals surface area (Å²) in [6.45, 7) is 2.98. The van der Waals surface area contributed by atoms with E-state index in [-0.39, 0.29) is 6.04 Å². The van der Waals surface area contributed by atoms with Crippen LogP contribution in [0.15, 0.2) is 42.6 Å². The van der Waals surface area contributed by atoms with E-state index >= 15 is 0 Å². The molecule has 3 unspecified atom stereocenters. The molecule has 4 nitrogen and oxygen atoms in total. The minimum absolute atomic E-state index is 0.188. The fraction of sp³-hybridized carbons (Fsp3) is 0.400. The van der Waals surface area contributed by atoms with Crippen LogP contribution in [0.5, 0.6) is 0 Å². The van der Waals surface area contributed by atoms with Crippen molar-refractivity contribution < 1.29 is 0 Å². The Morgan fingerprint density at radius 1 is 1.37 bits per heavy atom. The zero-order chi connectivity index (χ0) is 13.2. The first-order valence-electron chi connectivity index (χ1n) is 6.88. The van der Waals surface area contributed by atoms with Crippen molar-refractivity contribution >= 4 is 0 Å². The van der Waals surface area contributed by atoms with Crippen molar-refractivity contribution in [2.45, 2.75) is 31.8 Å². The first-order chi connectivity index (χ1) is 9.35. The Kier molecular flexibility index (Phi) is 3.36. The van der Waals surface area contributed by atoms with Crippen LogP contribution in [0.2, 0.25) is 0 Å². The molecule has 0 bridgehead atoms. The lowest BCUT2D eigenvalue weighted by Gasteiger charge is -2.17. The lowest BCUT2D eigenvalue weighted by molar-refractivity contribution is 0.444. The Morgan fingerprint density at radius 3 is 2.84 bits per heavy atom. The van der Waals surface area contributed by atoms with E-state index in [4.69, 9.17) is 5.84 Å². The average molecular weight is 256 g/mol. The van der Waals surface area contributed by atoms with Crippen LogP contribution in [0.4, 0.5) is 0 Å². The zero-order valence-electron chi connectivity index (χ0n) is 11.2. The van der Waals surface area contributed by atoms with Crippen LogP contribution < -0.4 is 11.3 Å². The van der Waals surface area contributed by atoms with Gasteiger partial charge < -0.3 is 0 Å². The van der Waals surface area contributed by atoms with Gasteiger partial charge in [0.15, 0.2) is 0 Å². The molecule has 100 valence electrons. The summed E-state index contributed by atoms with van der Waals surface area (Å²) in [7, 11) is 0. The van der Waals surface area contributed by atoms with Crippen molar-refractivity contribution in [3.8, 4) is 0 Å². The molecule has 1 aromatic heterocycles. The van der Waals surface area contributed by atoms with Crippen molar-refractivity contribution in [3.63, 3.8) is 0 Å². The lowest BCUT2D eigenvalue weighted by atomic mass is 10.0. The maximum absolute atomic E-state index is 5.78. The number of hydrazine groups is 1. The third-order valence-electron chi connectivity index (χ3n) is 4.04. The van der Waals surface area contributed by atoms with Gasteiger partial charge in [-0.2, -0.15) is 5.10 Å². The summed E-state index contributed by atoms with van der Waals surface area (Å²) in [5, 5.41) is 4.33. The van der Waals surface area contributed by atoms with Gasteiger partial charge in [-0.05, 0) is 36.8 Å². The number of nitrogens with one attached hydrogen (secondary N) is 1. The summed E-state index contributed by atoms with van der Waals surface area (Å²) in [6.07, 6.45) is 3.04. The summed E-state index contributed by atoms with van der Waals surface area (Å²) in [4.78, 5) is 0.